The van der Waals surface area contributed by atoms with Gasteiger partial charge >= 0.3 is 17.9 Å². The first-order chi connectivity index (χ1) is 18.5. The molecule has 0 aliphatic heterocycles. The van der Waals surface area contributed by atoms with Crippen molar-refractivity contribution in [1.29, 1.82) is 0 Å². The maximum absolute atomic E-state index is 10.4. The van der Waals surface area contributed by atoms with Crippen molar-refractivity contribution in [3.63, 3.8) is 0 Å². The molecule has 0 fully saturated rings. The second kappa shape index (κ2) is 25.3. The minimum Gasteiger partial charge on any atom is -0.478 e. The molecule has 4 aromatic rings. The van der Waals surface area contributed by atoms with E-state index < -0.39 is 17.9 Å². The molecular weight excluding hydrogens is 527 g/mol. The zero-order chi connectivity index (χ0) is 29.8. The summed E-state index contributed by atoms with van der Waals surface area (Å²) < 4.78 is 0. The summed E-state index contributed by atoms with van der Waals surface area (Å²) in [5, 5.41) is 25.6. The van der Waals surface area contributed by atoms with Crippen molar-refractivity contribution >= 4 is 26.3 Å². The van der Waals surface area contributed by atoms with E-state index in [0.29, 0.717) is 16.7 Å². The Morgan fingerprint density at radius 1 is 0.500 bits per heavy atom. The van der Waals surface area contributed by atoms with E-state index in [-0.39, 0.29) is 24.7 Å². The Morgan fingerprint density at radius 2 is 0.929 bits per heavy atom. The quantitative estimate of drug-likeness (QED) is 0.210. The molecule has 0 amide bonds. The zero-order valence-electron chi connectivity index (χ0n) is 24.1. The van der Waals surface area contributed by atoms with E-state index in [1.807, 2.05) is 58.0 Å². The van der Waals surface area contributed by atoms with Crippen molar-refractivity contribution in [1.82, 2.24) is 0 Å². The molecule has 2 radical (unpaired) electrons. The van der Waals surface area contributed by atoms with Crippen LogP contribution in [0, 0.1) is 27.7 Å². The first-order valence-corrected chi connectivity index (χ1v) is 12.4. The van der Waals surface area contributed by atoms with Gasteiger partial charge in [-0.2, -0.15) is 0 Å². The molecule has 0 spiro atoms. The fourth-order valence-corrected chi connectivity index (χ4v) is 2.82. The van der Waals surface area contributed by atoms with Gasteiger partial charge in [-0.1, -0.05) is 118 Å². The Balaban J connectivity index is -0.000000143. The van der Waals surface area contributed by atoms with Gasteiger partial charge in [-0.3, -0.25) is 0 Å². The molecular formula is C35H49BO6. The summed E-state index contributed by atoms with van der Waals surface area (Å²) in [6.07, 6.45) is 0. The molecule has 0 heterocycles. The van der Waals surface area contributed by atoms with Gasteiger partial charge in [-0.05, 0) is 63.6 Å². The van der Waals surface area contributed by atoms with Crippen molar-refractivity contribution in [2.24, 2.45) is 0 Å². The highest BCUT2D eigenvalue weighted by Crippen LogP contribution is 2.06. The highest BCUT2D eigenvalue weighted by Gasteiger charge is 2.03. The second-order valence-electron chi connectivity index (χ2n) is 8.12. The Morgan fingerprint density at radius 3 is 1.26 bits per heavy atom. The summed E-state index contributed by atoms with van der Waals surface area (Å²) >= 11 is 0. The van der Waals surface area contributed by atoms with Gasteiger partial charge in [0, 0.05) is 9.84 Å². The van der Waals surface area contributed by atoms with E-state index in [1.165, 1.54) is 5.56 Å². The van der Waals surface area contributed by atoms with Gasteiger partial charge in [0.25, 0.3) is 0 Å². The number of aryl methyl sites for hydroxylation is 4. The second-order valence-corrected chi connectivity index (χ2v) is 8.12. The molecule has 0 unspecified atom stereocenters. The number of carbonyl (C=O) groups is 3. The van der Waals surface area contributed by atoms with Gasteiger partial charge in [-0.15, -0.1) is 0 Å². The average Bonchev–Trinajstić information content (AvgIpc) is 2.92. The van der Waals surface area contributed by atoms with Crippen LogP contribution < -0.4 is 0 Å². The van der Waals surface area contributed by atoms with Crippen molar-refractivity contribution in [2.75, 3.05) is 0 Å². The van der Waals surface area contributed by atoms with Crippen molar-refractivity contribution < 1.29 is 31.1 Å². The van der Waals surface area contributed by atoms with Gasteiger partial charge in [0.1, 0.15) is 0 Å². The zero-order valence-corrected chi connectivity index (χ0v) is 24.1. The monoisotopic (exact) mass is 577 g/mol. The van der Waals surface area contributed by atoms with E-state index in [1.54, 1.807) is 67.6 Å². The highest BCUT2D eigenvalue weighted by atomic mass is 16.4. The first-order valence-electron chi connectivity index (χ1n) is 12.4. The van der Waals surface area contributed by atoms with Crippen LogP contribution in [-0.4, -0.2) is 41.6 Å². The maximum atomic E-state index is 10.4. The van der Waals surface area contributed by atoms with Crippen LogP contribution in [-0.2, 0) is 0 Å². The number of rotatable bonds is 3. The van der Waals surface area contributed by atoms with Crippen molar-refractivity contribution in [3.8, 4) is 0 Å². The standard InChI is InChI=1S/3C8H8O2.C7H8.C2H6.2CH4.BH.H2/c1-6-2-4-7(5-3-6)8(9)10;1-6-3-2-4-7(5-6)8(9)10;1-6-4-2-3-5-7(6)8(9)10;1-7-5-3-2-4-6-7;1-2;;;;/h3*2-5H,1H3,(H,9,10);2-6H,1H3;1-2H3;2*1H4;2*1H/i;;;;;;;;1+1. The summed E-state index contributed by atoms with van der Waals surface area (Å²) in [4.78, 5) is 31.1. The third kappa shape index (κ3) is 19.4. The van der Waals surface area contributed by atoms with Gasteiger partial charge < -0.3 is 15.3 Å². The van der Waals surface area contributed by atoms with Gasteiger partial charge in [0.2, 0.25) is 0 Å². The summed E-state index contributed by atoms with van der Waals surface area (Å²) in [6, 6.07) is 30.8. The molecule has 42 heavy (non-hydrogen) atoms. The Hall–Kier alpha value is -4.65. The van der Waals surface area contributed by atoms with E-state index >= 15 is 0 Å². The highest BCUT2D eigenvalue weighted by molar-refractivity contribution is 5.89. The molecule has 0 aliphatic carbocycles. The Kier molecular flexibility index (Phi) is 26.8. The molecule has 228 valence electrons. The predicted molar refractivity (Wildman–Crippen MR) is 180 cm³/mol. The van der Waals surface area contributed by atoms with Crippen LogP contribution in [0.25, 0.3) is 0 Å². The minimum atomic E-state index is -0.875. The van der Waals surface area contributed by atoms with Crippen LogP contribution in [0.1, 0.15) is 83.5 Å². The number of carboxylic acids is 3. The van der Waals surface area contributed by atoms with E-state index in [9.17, 15) is 14.4 Å². The lowest BCUT2D eigenvalue weighted by atomic mass is 10.1. The molecule has 0 atom stereocenters. The van der Waals surface area contributed by atoms with Crippen LogP contribution in [0.4, 0.5) is 0 Å². The van der Waals surface area contributed by atoms with Crippen molar-refractivity contribution in [2.45, 2.75) is 56.4 Å². The predicted octanol–water partition coefficient (Wildman–Crippen LogP) is 8.97. The molecule has 0 bridgehead atoms. The van der Waals surface area contributed by atoms with Gasteiger partial charge in [-0.25, -0.2) is 14.4 Å². The number of carboxylic acid groups (broad SMARTS) is 3. The number of aromatic carboxylic acids is 3. The van der Waals surface area contributed by atoms with Crippen LogP contribution in [0.15, 0.2) is 103 Å². The molecule has 0 aromatic heterocycles. The molecule has 0 saturated carbocycles. The summed E-state index contributed by atoms with van der Waals surface area (Å²) in [7, 11) is 0. The molecule has 0 saturated heterocycles. The molecule has 0 aliphatic rings. The van der Waals surface area contributed by atoms with Crippen LogP contribution in [0.2, 0.25) is 0 Å². The van der Waals surface area contributed by atoms with Gasteiger partial charge in [0.15, 0.2) is 0 Å². The Bertz CT molecular complexity index is 1290. The lowest BCUT2D eigenvalue weighted by Gasteiger charge is -1.96. The molecule has 3 N–H and O–H groups in total. The summed E-state index contributed by atoms with van der Waals surface area (Å²) in [5.74, 6) is -2.61. The van der Waals surface area contributed by atoms with Crippen LogP contribution in [0.5, 0.6) is 0 Å². The summed E-state index contributed by atoms with van der Waals surface area (Å²) in [6.45, 7) is 11.7. The fourth-order valence-electron chi connectivity index (χ4n) is 2.82. The SMILES string of the molecule is C.C.CC.Cc1ccc(C(=O)O)cc1.Cc1cccc(C(=O)O)c1.Cc1ccccc1.Cc1ccccc1C(=O)O.[2HH].[BH]. The summed E-state index contributed by atoms with van der Waals surface area (Å²) in [5.41, 5.74) is 5.23. The van der Waals surface area contributed by atoms with E-state index in [0.717, 1.165) is 16.7 Å². The largest absolute Gasteiger partial charge is 0.478 e. The van der Waals surface area contributed by atoms with Crippen LogP contribution >= 0.6 is 0 Å². The number of hydrogen-bond acceptors (Lipinski definition) is 3. The van der Waals surface area contributed by atoms with Crippen LogP contribution in [0.3, 0.4) is 0 Å². The minimum absolute atomic E-state index is 0. The lowest BCUT2D eigenvalue weighted by Crippen LogP contribution is -1.97. The Labute approximate surface area is 255 Å². The third-order valence-electron chi connectivity index (χ3n) is 4.88. The smallest absolute Gasteiger partial charge is 0.335 e. The van der Waals surface area contributed by atoms with E-state index in [2.05, 4.69) is 19.1 Å². The van der Waals surface area contributed by atoms with Gasteiger partial charge in [0.05, 0.1) is 16.7 Å². The molecule has 4 rings (SSSR count). The molecule has 4 aromatic carbocycles. The van der Waals surface area contributed by atoms with E-state index in [4.69, 9.17) is 15.3 Å². The number of hydrogen-bond donors (Lipinski definition) is 3. The molecule has 6 nitrogen and oxygen atoms in total. The normalized spacial score (nSPS) is 8.24. The fraction of sp³-hybridized carbons (Fsp3) is 0.229. The third-order valence-corrected chi connectivity index (χ3v) is 4.88. The first kappa shape index (κ1) is 44.4. The lowest BCUT2D eigenvalue weighted by molar-refractivity contribution is 0.0685. The average molecular weight is 578 g/mol. The molecule has 7 heteroatoms. The topological polar surface area (TPSA) is 112 Å². The van der Waals surface area contributed by atoms with Crippen molar-refractivity contribution in [3.05, 3.63) is 142 Å². The number of benzene rings is 4. The maximum Gasteiger partial charge on any atom is 0.335 e.